The summed E-state index contributed by atoms with van der Waals surface area (Å²) in [4.78, 5) is -0.117. The molecule has 0 atom stereocenters. The molecule has 2 aromatic rings. The second kappa shape index (κ2) is 5.43. The van der Waals surface area contributed by atoms with E-state index in [1.807, 2.05) is 0 Å². The molecule has 1 aromatic heterocycles. The van der Waals surface area contributed by atoms with E-state index < -0.39 is 14.6 Å². The van der Waals surface area contributed by atoms with Crippen molar-refractivity contribution in [1.29, 1.82) is 0 Å². The number of hydrogen-bond donors (Lipinski definition) is 0. The van der Waals surface area contributed by atoms with Gasteiger partial charge in [-0.05, 0) is 12.1 Å². The molecule has 0 N–H and O–H groups in total. The average Bonchev–Trinajstić information content (AvgIpc) is 2.67. The third kappa shape index (κ3) is 4.05. The quantitative estimate of drug-likeness (QED) is 0.623. The van der Waals surface area contributed by atoms with Gasteiger partial charge in [-0.2, -0.15) is 5.10 Å². The number of ether oxygens (including phenoxy) is 1. The minimum atomic E-state index is -3.88. The van der Waals surface area contributed by atoms with E-state index in [0.29, 0.717) is 5.56 Å². The molecule has 114 valence electrons. The Morgan fingerprint density at radius 3 is 2.33 bits per heavy atom. The van der Waals surface area contributed by atoms with Crippen molar-refractivity contribution in [1.82, 2.24) is 9.78 Å². The average molecular weight is 357 g/mol. The molecule has 10 heteroatoms. The van der Waals surface area contributed by atoms with Crippen LogP contribution in [0.25, 0.3) is 11.3 Å². The summed E-state index contributed by atoms with van der Waals surface area (Å²) in [5, 5.41) is 3.97. The van der Waals surface area contributed by atoms with E-state index in [-0.39, 0.29) is 16.3 Å². The number of nitrogens with zero attached hydrogens (tertiary/aromatic N) is 2. The lowest BCUT2D eigenvalue weighted by Crippen LogP contribution is -2.15. The van der Waals surface area contributed by atoms with E-state index in [0.717, 1.165) is 0 Å². The van der Waals surface area contributed by atoms with E-state index >= 15 is 0 Å². The van der Waals surface area contributed by atoms with E-state index in [1.54, 1.807) is 0 Å². The van der Waals surface area contributed by atoms with Crippen LogP contribution in [0.15, 0.2) is 35.4 Å². The minimum absolute atomic E-state index is 0.0938. The molecule has 0 aliphatic heterocycles. The van der Waals surface area contributed by atoms with Crippen molar-refractivity contribution >= 4 is 31.3 Å². The topological polar surface area (TPSA) is 61.2 Å². The smallest absolute Gasteiger partial charge is 0.416 e. The monoisotopic (exact) mass is 356 g/mol. The molecule has 0 bridgehead atoms. The highest BCUT2D eigenvalue weighted by molar-refractivity contribution is 8.13. The Hall–Kier alpha value is -1.38. The second-order valence-electron chi connectivity index (χ2n) is 4.03. The predicted octanol–water partition coefficient (Wildman–Crippen LogP) is 3.18. The zero-order valence-electron chi connectivity index (χ0n) is 10.4. The van der Waals surface area contributed by atoms with Crippen LogP contribution in [0.2, 0.25) is 0 Å². The number of alkyl halides is 3. The van der Waals surface area contributed by atoms with Crippen LogP contribution in [-0.4, -0.2) is 23.8 Å². The third-order valence-electron chi connectivity index (χ3n) is 2.43. The van der Waals surface area contributed by atoms with E-state index in [4.69, 9.17) is 22.3 Å². The standard InChI is InChI=1S/C11H8Cl2F2N2O3S/c1-17-6-9(20-11(12,14)15)10(16-17)7-2-4-8(5-3-7)21(13,18)19/h2-6H,1H3. The summed E-state index contributed by atoms with van der Waals surface area (Å²) >= 11 is 4.73. The highest BCUT2D eigenvalue weighted by Gasteiger charge is 2.30. The van der Waals surface area contributed by atoms with Gasteiger partial charge in [0.1, 0.15) is 5.69 Å². The molecule has 21 heavy (non-hydrogen) atoms. The molecular formula is C11H8Cl2F2N2O3S. The van der Waals surface area contributed by atoms with Crippen molar-refractivity contribution < 1.29 is 21.9 Å². The zero-order chi connectivity index (χ0) is 15.8. The first-order chi connectivity index (χ1) is 9.56. The van der Waals surface area contributed by atoms with E-state index in [1.165, 1.54) is 42.2 Å². The third-order valence-corrected chi connectivity index (χ3v) is 3.88. The molecule has 2 rings (SSSR count). The van der Waals surface area contributed by atoms with Crippen LogP contribution in [0.3, 0.4) is 0 Å². The van der Waals surface area contributed by atoms with Crippen LogP contribution in [0.5, 0.6) is 5.75 Å². The summed E-state index contributed by atoms with van der Waals surface area (Å²) in [7, 11) is 2.84. The molecular weight excluding hydrogens is 349 g/mol. The second-order valence-corrected chi connectivity index (χ2v) is 7.03. The Morgan fingerprint density at radius 2 is 1.86 bits per heavy atom. The maximum absolute atomic E-state index is 12.7. The van der Waals surface area contributed by atoms with Crippen LogP contribution < -0.4 is 4.74 Å². The van der Waals surface area contributed by atoms with Gasteiger partial charge in [-0.3, -0.25) is 4.68 Å². The maximum Gasteiger partial charge on any atom is 0.487 e. The number of aromatic nitrogens is 2. The molecule has 0 radical (unpaired) electrons. The summed E-state index contributed by atoms with van der Waals surface area (Å²) in [5.41, 5.74) is -3.41. The van der Waals surface area contributed by atoms with Crippen molar-refractivity contribution in [3.8, 4) is 17.0 Å². The van der Waals surface area contributed by atoms with Crippen molar-refractivity contribution in [3.05, 3.63) is 30.5 Å². The van der Waals surface area contributed by atoms with Crippen LogP contribution in [-0.2, 0) is 16.1 Å². The van der Waals surface area contributed by atoms with Gasteiger partial charge in [0.2, 0.25) is 0 Å². The number of hydrogen-bond acceptors (Lipinski definition) is 4. The SMILES string of the molecule is Cn1cc(OC(F)(F)Cl)c(-c2ccc(S(=O)(=O)Cl)cc2)n1. The maximum atomic E-state index is 12.7. The summed E-state index contributed by atoms with van der Waals surface area (Å²) in [6.07, 6.45) is 1.22. The lowest BCUT2D eigenvalue weighted by molar-refractivity contribution is -0.0961. The molecule has 0 saturated heterocycles. The van der Waals surface area contributed by atoms with Crippen LogP contribution in [0.4, 0.5) is 8.78 Å². The molecule has 0 unspecified atom stereocenters. The van der Waals surface area contributed by atoms with Crippen LogP contribution >= 0.6 is 22.3 Å². The Morgan fingerprint density at radius 1 is 1.29 bits per heavy atom. The Bertz CT molecular complexity index is 755. The van der Waals surface area contributed by atoms with Gasteiger partial charge in [0, 0.05) is 34.9 Å². The van der Waals surface area contributed by atoms with Crippen molar-refractivity contribution in [3.63, 3.8) is 0 Å². The molecule has 0 fully saturated rings. The fourth-order valence-electron chi connectivity index (χ4n) is 1.64. The van der Waals surface area contributed by atoms with Gasteiger partial charge in [-0.25, -0.2) is 8.42 Å². The molecule has 0 aliphatic rings. The summed E-state index contributed by atoms with van der Waals surface area (Å²) < 4.78 is 53.3. The number of benzene rings is 1. The van der Waals surface area contributed by atoms with Gasteiger partial charge >= 0.3 is 5.57 Å². The van der Waals surface area contributed by atoms with E-state index in [9.17, 15) is 17.2 Å². The van der Waals surface area contributed by atoms with E-state index in [2.05, 4.69) is 9.84 Å². The minimum Gasteiger partial charge on any atom is -0.416 e. The predicted molar refractivity (Wildman–Crippen MR) is 73.1 cm³/mol. The van der Waals surface area contributed by atoms with Crippen molar-refractivity contribution in [2.75, 3.05) is 0 Å². The van der Waals surface area contributed by atoms with Gasteiger partial charge < -0.3 is 4.74 Å². The number of halogens is 4. The van der Waals surface area contributed by atoms with Gasteiger partial charge in [-0.15, -0.1) is 8.78 Å². The largest absolute Gasteiger partial charge is 0.487 e. The highest BCUT2D eigenvalue weighted by Crippen LogP contribution is 2.34. The summed E-state index contributed by atoms with van der Waals surface area (Å²) in [6.45, 7) is 0. The first-order valence-electron chi connectivity index (χ1n) is 5.41. The van der Waals surface area contributed by atoms with Gasteiger partial charge in [0.05, 0.1) is 11.1 Å². The summed E-state index contributed by atoms with van der Waals surface area (Å²) in [5.74, 6) is -0.237. The summed E-state index contributed by atoms with van der Waals surface area (Å²) in [6, 6.07) is 5.21. The highest BCUT2D eigenvalue weighted by atomic mass is 35.7. The van der Waals surface area contributed by atoms with Crippen LogP contribution in [0.1, 0.15) is 0 Å². The molecule has 0 amide bonds. The Labute approximate surface area is 128 Å². The van der Waals surface area contributed by atoms with Crippen molar-refractivity contribution in [2.45, 2.75) is 10.5 Å². The first-order valence-corrected chi connectivity index (χ1v) is 8.09. The Kier molecular flexibility index (Phi) is 4.14. The van der Waals surface area contributed by atoms with Gasteiger partial charge in [-0.1, -0.05) is 12.1 Å². The molecule has 1 heterocycles. The zero-order valence-corrected chi connectivity index (χ0v) is 12.8. The van der Waals surface area contributed by atoms with Crippen LogP contribution in [0, 0.1) is 0 Å². The Balaban J connectivity index is 2.43. The lowest BCUT2D eigenvalue weighted by Gasteiger charge is -2.10. The molecule has 5 nitrogen and oxygen atoms in total. The normalized spacial score (nSPS) is 12.4. The molecule has 1 aromatic carbocycles. The molecule has 0 spiro atoms. The van der Waals surface area contributed by atoms with Gasteiger partial charge in [0.15, 0.2) is 5.75 Å². The molecule has 0 aliphatic carbocycles. The lowest BCUT2D eigenvalue weighted by atomic mass is 10.1. The fourth-order valence-corrected chi connectivity index (χ4v) is 2.49. The first kappa shape index (κ1) is 16.0. The van der Waals surface area contributed by atoms with Gasteiger partial charge in [0.25, 0.3) is 9.05 Å². The molecule has 0 saturated carbocycles. The fraction of sp³-hybridized carbons (Fsp3) is 0.182. The number of aryl methyl sites for hydroxylation is 1. The number of rotatable bonds is 4. The van der Waals surface area contributed by atoms with Crippen molar-refractivity contribution in [2.24, 2.45) is 7.05 Å².